The standard InChI is InChI=1S/C14H16N4O2/c19-18(20)11-5-6-13-12(8-11)14(17-9-16-13)15-7-1-2-10-3-4-10/h5-6,8-10H,1-4,7H2,(H,15,16,17). The summed E-state index contributed by atoms with van der Waals surface area (Å²) in [6, 6.07) is 4.65. The number of non-ortho nitro benzene ring substituents is 1. The first-order valence-corrected chi connectivity index (χ1v) is 6.87. The van der Waals surface area contributed by atoms with E-state index in [2.05, 4.69) is 15.3 Å². The summed E-state index contributed by atoms with van der Waals surface area (Å²) in [5.41, 5.74) is 0.781. The van der Waals surface area contributed by atoms with Crippen molar-refractivity contribution >= 4 is 22.4 Å². The number of hydrogen-bond acceptors (Lipinski definition) is 5. The molecule has 1 N–H and O–H groups in total. The van der Waals surface area contributed by atoms with Crippen LogP contribution < -0.4 is 5.32 Å². The van der Waals surface area contributed by atoms with E-state index in [9.17, 15) is 10.1 Å². The molecule has 1 aliphatic carbocycles. The second kappa shape index (κ2) is 5.40. The van der Waals surface area contributed by atoms with Gasteiger partial charge >= 0.3 is 0 Å². The third-order valence-corrected chi connectivity index (χ3v) is 3.61. The lowest BCUT2D eigenvalue weighted by molar-refractivity contribution is -0.384. The van der Waals surface area contributed by atoms with Crippen molar-refractivity contribution in [1.29, 1.82) is 0 Å². The minimum absolute atomic E-state index is 0.0633. The fraction of sp³-hybridized carbons (Fsp3) is 0.429. The van der Waals surface area contributed by atoms with Crippen molar-refractivity contribution in [3.8, 4) is 0 Å². The normalized spacial score (nSPS) is 14.4. The Labute approximate surface area is 116 Å². The second-order valence-electron chi connectivity index (χ2n) is 5.19. The second-order valence-corrected chi connectivity index (χ2v) is 5.19. The Hall–Kier alpha value is -2.24. The van der Waals surface area contributed by atoms with Crippen LogP contribution in [0.5, 0.6) is 0 Å². The predicted octanol–water partition coefficient (Wildman–Crippen LogP) is 3.14. The molecule has 0 amide bonds. The molecule has 104 valence electrons. The molecule has 0 atom stereocenters. The Balaban J connectivity index is 1.77. The molecule has 3 rings (SSSR count). The summed E-state index contributed by atoms with van der Waals surface area (Å²) in [4.78, 5) is 18.8. The number of nitrogens with one attached hydrogen (secondary N) is 1. The van der Waals surface area contributed by atoms with Gasteiger partial charge in [-0.3, -0.25) is 10.1 Å². The van der Waals surface area contributed by atoms with Gasteiger partial charge in [-0.05, 0) is 24.8 Å². The van der Waals surface area contributed by atoms with Gasteiger partial charge in [-0.1, -0.05) is 12.8 Å². The quantitative estimate of drug-likeness (QED) is 0.496. The molecular weight excluding hydrogens is 256 g/mol. The highest BCUT2D eigenvalue weighted by molar-refractivity contribution is 5.90. The van der Waals surface area contributed by atoms with Crippen LogP contribution >= 0.6 is 0 Å². The number of aromatic nitrogens is 2. The molecule has 0 aliphatic heterocycles. The number of anilines is 1. The monoisotopic (exact) mass is 272 g/mol. The molecule has 1 aromatic carbocycles. The van der Waals surface area contributed by atoms with E-state index in [1.165, 1.54) is 37.7 Å². The summed E-state index contributed by atoms with van der Waals surface area (Å²) in [5, 5.41) is 14.8. The summed E-state index contributed by atoms with van der Waals surface area (Å²) in [6.45, 7) is 0.839. The highest BCUT2D eigenvalue weighted by atomic mass is 16.6. The number of benzene rings is 1. The van der Waals surface area contributed by atoms with Gasteiger partial charge in [0.1, 0.15) is 12.1 Å². The summed E-state index contributed by atoms with van der Waals surface area (Å²) in [7, 11) is 0. The van der Waals surface area contributed by atoms with E-state index in [1.807, 2.05) is 0 Å². The third-order valence-electron chi connectivity index (χ3n) is 3.61. The first-order chi connectivity index (χ1) is 9.74. The summed E-state index contributed by atoms with van der Waals surface area (Å²) >= 11 is 0. The topological polar surface area (TPSA) is 81.0 Å². The van der Waals surface area contributed by atoms with Crippen molar-refractivity contribution in [3.05, 3.63) is 34.6 Å². The smallest absolute Gasteiger partial charge is 0.270 e. The molecule has 0 spiro atoms. The Bertz CT molecular complexity index is 640. The van der Waals surface area contributed by atoms with Crippen LogP contribution in [-0.4, -0.2) is 21.4 Å². The van der Waals surface area contributed by atoms with Gasteiger partial charge in [0.2, 0.25) is 0 Å². The van der Waals surface area contributed by atoms with E-state index < -0.39 is 4.92 Å². The van der Waals surface area contributed by atoms with Crippen molar-refractivity contribution < 1.29 is 4.92 Å². The zero-order valence-corrected chi connectivity index (χ0v) is 11.1. The van der Waals surface area contributed by atoms with Gasteiger partial charge in [-0.2, -0.15) is 0 Å². The minimum atomic E-state index is -0.399. The van der Waals surface area contributed by atoms with Crippen molar-refractivity contribution in [1.82, 2.24) is 9.97 Å². The fourth-order valence-electron chi connectivity index (χ4n) is 2.30. The van der Waals surface area contributed by atoms with Crippen LogP contribution in [0.4, 0.5) is 11.5 Å². The summed E-state index contributed by atoms with van der Waals surface area (Å²) < 4.78 is 0. The zero-order chi connectivity index (χ0) is 13.9. The van der Waals surface area contributed by atoms with E-state index in [0.717, 1.165) is 24.4 Å². The van der Waals surface area contributed by atoms with Gasteiger partial charge in [0.25, 0.3) is 5.69 Å². The molecule has 20 heavy (non-hydrogen) atoms. The van der Waals surface area contributed by atoms with Gasteiger partial charge in [-0.25, -0.2) is 9.97 Å². The van der Waals surface area contributed by atoms with Crippen molar-refractivity contribution in [2.75, 3.05) is 11.9 Å². The van der Waals surface area contributed by atoms with Crippen LogP contribution in [0.25, 0.3) is 10.9 Å². The summed E-state index contributed by atoms with van der Waals surface area (Å²) in [5.74, 6) is 1.59. The zero-order valence-electron chi connectivity index (χ0n) is 11.1. The number of nitrogens with zero attached hydrogens (tertiary/aromatic N) is 3. The maximum atomic E-state index is 10.8. The van der Waals surface area contributed by atoms with Crippen molar-refractivity contribution in [2.24, 2.45) is 5.92 Å². The van der Waals surface area contributed by atoms with E-state index in [1.54, 1.807) is 6.07 Å². The van der Waals surface area contributed by atoms with Crippen LogP contribution in [0, 0.1) is 16.0 Å². The molecule has 0 bridgehead atoms. The number of nitro benzene ring substituents is 1. The molecule has 1 fully saturated rings. The van der Waals surface area contributed by atoms with Crippen LogP contribution in [0.3, 0.4) is 0 Å². The SMILES string of the molecule is O=[N+]([O-])c1ccc2ncnc(NCCCC3CC3)c2c1. The van der Waals surface area contributed by atoms with Gasteiger partial charge in [0.15, 0.2) is 0 Å². The molecular formula is C14H16N4O2. The van der Waals surface area contributed by atoms with Crippen LogP contribution in [0.15, 0.2) is 24.5 Å². The average molecular weight is 272 g/mol. The van der Waals surface area contributed by atoms with Gasteiger partial charge < -0.3 is 5.32 Å². The van der Waals surface area contributed by atoms with E-state index in [4.69, 9.17) is 0 Å². The van der Waals surface area contributed by atoms with Crippen molar-refractivity contribution in [2.45, 2.75) is 25.7 Å². The number of nitro groups is 1. The highest BCUT2D eigenvalue weighted by Gasteiger charge is 2.20. The molecule has 2 aromatic rings. The maximum Gasteiger partial charge on any atom is 0.270 e. The lowest BCUT2D eigenvalue weighted by Gasteiger charge is -2.07. The van der Waals surface area contributed by atoms with Crippen LogP contribution in [0.2, 0.25) is 0 Å². The minimum Gasteiger partial charge on any atom is -0.369 e. The van der Waals surface area contributed by atoms with E-state index in [-0.39, 0.29) is 5.69 Å². The van der Waals surface area contributed by atoms with Crippen LogP contribution in [-0.2, 0) is 0 Å². The Morgan fingerprint density at radius 3 is 2.95 bits per heavy atom. The Kier molecular flexibility index (Phi) is 3.45. The Morgan fingerprint density at radius 1 is 1.35 bits per heavy atom. The lowest BCUT2D eigenvalue weighted by atomic mass is 10.2. The molecule has 1 aliphatic rings. The first-order valence-electron chi connectivity index (χ1n) is 6.87. The molecule has 1 aromatic heterocycles. The number of fused-ring (bicyclic) bond motifs is 1. The number of hydrogen-bond donors (Lipinski definition) is 1. The third kappa shape index (κ3) is 2.84. The fourth-order valence-corrected chi connectivity index (χ4v) is 2.30. The summed E-state index contributed by atoms with van der Waals surface area (Å²) in [6.07, 6.45) is 6.56. The molecule has 6 nitrogen and oxygen atoms in total. The predicted molar refractivity (Wildman–Crippen MR) is 76.6 cm³/mol. The average Bonchev–Trinajstić information content (AvgIpc) is 3.27. The highest BCUT2D eigenvalue weighted by Crippen LogP contribution is 2.33. The van der Waals surface area contributed by atoms with Gasteiger partial charge in [-0.15, -0.1) is 0 Å². The molecule has 1 saturated carbocycles. The lowest BCUT2D eigenvalue weighted by Crippen LogP contribution is -2.04. The maximum absolute atomic E-state index is 10.8. The number of rotatable bonds is 6. The molecule has 0 radical (unpaired) electrons. The van der Waals surface area contributed by atoms with Crippen LogP contribution in [0.1, 0.15) is 25.7 Å². The van der Waals surface area contributed by atoms with Gasteiger partial charge in [0, 0.05) is 24.1 Å². The van der Waals surface area contributed by atoms with E-state index in [0.29, 0.717) is 11.2 Å². The molecule has 1 heterocycles. The van der Waals surface area contributed by atoms with E-state index >= 15 is 0 Å². The van der Waals surface area contributed by atoms with Gasteiger partial charge in [0.05, 0.1) is 10.4 Å². The first kappa shape index (κ1) is 12.8. The molecule has 6 heteroatoms. The largest absolute Gasteiger partial charge is 0.369 e. The Morgan fingerprint density at radius 2 is 2.20 bits per heavy atom. The molecule has 0 unspecified atom stereocenters. The van der Waals surface area contributed by atoms with Crippen molar-refractivity contribution in [3.63, 3.8) is 0 Å². The molecule has 0 saturated heterocycles.